The molecule has 0 aromatic carbocycles. The molecular weight excluding hydrogens is 304 g/mol. The van der Waals surface area contributed by atoms with Crippen LogP contribution in [0.2, 0.25) is 0 Å². The predicted octanol–water partition coefficient (Wildman–Crippen LogP) is 2.33. The zero-order valence-electron chi connectivity index (χ0n) is 14.3. The van der Waals surface area contributed by atoms with Crippen molar-refractivity contribution in [2.24, 2.45) is 0 Å². The molecule has 24 heavy (non-hydrogen) atoms. The van der Waals surface area contributed by atoms with Crippen LogP contribution in [-0.2, 0) is 9.47 Å². The molecule has 5 heterocycles. The van der Waals surface area contributed by atoms with Gasteiger partial charge in [0.15, 0.2) is 24.4 Å². The SMILES string of the molecule is C1=CC2CC3CCC(CC4C=CC(CC5CCC(CC1[OH+]2)O5)[OH+]4)O3. The van der Waals surface area contributed by atoms with Crippen LogP contribution in [0, 0.1) is 0 Å². The van der Waals surface area contributed by atoms with E-state index >= 15 is 0 Å². The van der Waals surface area contributed by atoms with Gasteiger partial charge in [0, 0.05) is 25.7 Å². The zero-order chi connectivity index (χ0) is 15.9. The van der Waals surface area contributed by atoms with E-state index in [9.17, 15) is 0 Å². The van der Waals surface area contributed by atoms with Crippen LogP contribution in [0.15, 0.2) is 24.3 Å². The van der Waals surface area contributed by atoms with Crippen LogP contribution in [0.3, 0.4) is 0 Å². The minimum absolute atomic E-state index is 0.351. The minimum atomic E-state index is 0.351. The van der Waals surface area contributed by atoms with Crippen molar-refractivity contribution in [3.63, 3.8) is 0 Å². The minimum Gasteiger partial charge on any atom is -0.423 e. The fourth-order valence-electron chi connectivity index (χ4n) is 5.09. The number of hydrogen-bond donors (Lipinski definition) is 0. The number of fused-ring (bicyclic) bond motifs is 8. The fraction of sp³-hybridized carbons (Fsp3) is 0.800. The van der Waals surface area contributed by atoms with Gasteiger partial charge in [-0.05, 0) is 50.0 Å². The maximum Gasteiger partial charge on any atom is 0.177 e. The van der Waals surface area contributed by atoms with Gasteiger partial charge in [0.25, 0.3) is 0 Å². The Morgan fingerprint density at radius 3 is 1.08 bits per heavy atom. The molecule has 0 amide bonds. The van der Waals surface area contributed by atoms with Crippen molar-refractivity contribution in [3.8, 4) is 0 Å². The Balaban J connectivity index is 1.28. The molecule has 0 spiro atoms. The summed E-state index contributed by atoms with van der Waals surface area (Å²) in [5.41, 5.74) is 0. The largest absolute Gasteiger partial charge is 0.423 e. The van der Waals surface area contributed by atoms with E-state index in [0.717, 1.165) is 25.7 Å². The molecular formula is C20H30O4+2. The number of rotatable bonds is 0. The topological polar surface area (TPSA) is 44.1 Å². The molecule has 4 nitrogen and oxygen atoms in total. The summed E-state index contributed by atoms with van der Waals surface area (Å²) in [6.07, 6.45) is 21.1. The standard InChI is InChI=1S/C20H28O4/c1-2-14-10-16-5-6-18(23-16)12-20-8-7-19(24-20)11-17-4-3-15(22-17)9-13(1)21-14/h1-2,7-8,13-20H,3-6,9-12H2/p+2. The molecule has 0 aliphatic carbocycles. The molecule has 3 saturated heterocycles. The average molecular weight is 334 g/mol. The van der Waals surface area contributed by atoms with E-state index in [0.29, 0.717) is 48.8 Å². The average Bonchev–Trinajstić information content (AvgIpc) is 3.32. The lowest BCUT2D eigenvalue weighted by atomic mass is 10.1. The van der Waals surface area contributed by atoms with Crippen molar-refractivity contribution in [1.82, 2.24) is 0 Å². The van der Waals surface area contributed by atoms with E-state index in [1.165, 1.54) is 25.7 Å². The van der Waals surface area contributed by atoms with Crippen molar-refractivity contribution in [2.45, 2.75) is 100 Å². The summed E-state index contributed by atoms with van der Waals surface area (Å²) in [4.78, 5) is 0. The van der Waals surface area contributed by atoms with E-state index in [4.69, 9.17) is 18.9 Å². The van der Waals surface area contributed by atoms with Gasteiger partial charge in [-0.2, -0.15) is 0 Å². The Bertz CT molecular complexity index is 430. The summed E-state index contributed by atoms with van der Waals surface area (Å²) >= 11 is 0. The van der Waals surface area contributed by atoms with E-state index in [-0.39, 0.29) is 0 Å². The third-order valence-corrected chi connectivity index (χ3v) is 6.29. The Morgan fingerprint density at radius 2 is 0.792 bits per heavy atom. The van der Waals surface area contributed by atoms with Crippen LogP contribution >= 0.6 is 0 Å². The first kappa shape index (κ1) is 15.6. The summed E-state index contributed by atoms with van der Waals surface area (Å²) in [7, 11) is 0. The second-order valence-corrected chi connectivity index (χ2v) is 8.20. The smallest absolute Gasteiger partial charge is 0.177 e. The molecule has 5 aliphatic heterocycles. The summed E-state index contributed by atoms with van der Waals surface area (Å²) in [6, 6.07) is 0. The van der Waals surface area contributed by atoms with Crippen LogP contribution < -0.4 is 0 Å². The van der Waals surface area contributed by atoms with Crippen LogP contribution in [0.5, 0.6) is 0 Å². The van der Waals surface area contributed by atoms with Crippen molar-refractivity contribution < 1.29 is 18.9 Å². The maximum atomic E-state index is 6.31. The molecule has 4 heteroatoms. The van der Waals surface area contributed by atoms with Crippen molar-refractivity contribution in [1.29, 1.82) is 0 Å². The first-order chi connectivity index (χ1) is 11.8. The van der Waals surface area contributed by atoms with Crippen molar-refractivity contribution >= 4 is 0 Å². The molecule has 3 fully saturated rings. The normalized spacial score (nSPS) is 50.7. The molecule has 5 aliphatic rings. The molecule has 8 bridgehead atoms. The molecule has 8 atom stereocenters. The molecule has 0 radical (unpaired) electrons. The van der Waals surface area contributed by atoms with Crippen LogP contribution in [0.4, 0.5) is 0 Å². The quantitative estimate of drug-likeness (QED) is 0.504. The highest BCUT2D eigenvalue weighted by Gasteiger charge is 2.39. The van der Waals surface area contributed by atoms with Gasteiger partial charge in [0.05, 0.1) is 24.4 Å². The van der Waals surface area contributed by atoms with Gasteiger partial charge in [-0.25, -0.2) is 0 Å². The van der Waals surface area contributed by atoms with Crippen molar-refractivity contribution in [3.05, 3.63) is 24.3 Å². The van der Waals surface area contributed by atoms with E-state index in [1.807, 2.05) is 0 Å². The Kier molecular flexibility index (Phi) is 4.26. The summed E-state index contributed by atoms with van der Waals surface area (Å²) in [5, 5.41) is 0. The lowest BCUT2D eigenvalue weighted by Gasteiger charge is -2.20. The molecule has 0 aromatic rings. The Morgan fingerprint density at radius 1 is 0.500 bits per heavy atom. The van der Waals surface area contributed by atoms with Gasteiger partial charge in [-0.15, -0.1) is 0 Å². The van der Waals surface area contributed by atoms with Crippen molar-refractivity contribution in [2.75, 3.05) is 0 Å². The van der Waals surface area contributed by atoms with Gasteiger partial charge < -0.3 is 18.9 Å². The third kappa shape index (κ3) is 3.34. The van der Waals surface area contributed by atoms with E-state index in [1.54, 1.807) is 0 Å². The predicted molar refractivity (Wildman–Crippen MR) is 92.1 cm³/mol. The molecule has 8 unspecified atom stereocenters. The van der Waals surface area contributed by atoms with Gasteiger partial charge in [-0.3, -0.25) is 0 Å². The molecule has 5 rings (SSSR count). The monoisotopic (exact) mass is 334 g/mol. The first-order valence-corrected chi connectivity index (χ1v) is 9.87. The maximum absolute atomic E-state index is 6.31. The van der Waals surface area contributed by atoms with Gasteiger partial charge in [0.1, 0.15) is 0 Å². The second-order valence-electron chi connectivity index (χ2n) is 8.20. The fourth-order valence-corrected chi connectivity index (χ4v) is 5.09. The highest BCUT2D eigenvalue weighted by Crippen LogP contribution is 2.33. The van der Waals surface area contributed by atoms with Gasteiger partial charge >= 0.3 is 0 Å². The molecule has 0 saturated carbocycles. The second kappa shape index (κ2) is 6.56. The number of hydrogen-bond acceptors (Lipinski definition) is 2. The van der Waals surface area contributed by atoms with E-state index in [2.05, 4.69) is 24.3 Å². The Hall–Kier alpha value is -0.680. The van der Waals surface area contributed by atoms with Crippen LogP contribution in [-0.4, -0.2) is 58.3 Å². The lowest BCUT2D eigenvalue weighted by Crippen LogP contribution is -2.29. The highest BCUT2D eigenvalue weighted by molar-refractivity contribution is 5.05. The van der Waals surface area contributed by atoms with Gasteiger partial charge in [-0.1, -0.05) is 0 Å². The van der Waals surface area contributed by atoms with Gasteiger partial charge in [0.2, 0.25) is 0 Å². The summed E-state index contributed by atoms with van der Waals surface area (Å²) in [6.45, 7) is 0. The highest BCUT2D eigenvalue weighted by atomic mass is 16.5. The number of aliphatic hydroxyl groups is 4. The van der Waals surface area contributed by atoms with Crippen LogP contribution in [0.25, 0.3) is 0 Å². The third-order valence-electron chi connectivity index (χ3n) is 6.29. The zero-order valence-corrected chi connectivity index (χ0v) is 14.3. The summed E-state index contributed by atoms with van der Waals surface area (Å²) in [5.74, 6) is 0. The molecule has 132 valence electrons. The molecule has 0 aromatic heterocycles. The molecule has 2 N–H and O–H groups in total. The first-order valence-electron chi connectivity index (χ1n) is 9.87. The van der Waals surface area contributed by atoms with E-state index < -0.39 is 0 Å². The summed E-state index contributed by atoms with van der Waals surface area (Å²) < 4.78 is 22.6. The van der Waals surface area contributed by atoms with Crippen LogP contribution in [0.1, 0.15) is 51.4 Å². The lowest BCUT2D eigenvalue weighted by molar-refractivity contribution is -0.151. The number of ether oxygens (including phenoxy) is 4. The Labute approximate surface area is 144 Å².